The molecule has 3 rings (SSSR count). The van der Waals surface area contributed by atoms with E-state index in [1.54, 1.807) is 30.3 Å². The van der Waals surface area contributed by atoms with Gasteiger partial charge in [0.2, 0.25) is 0 Å². The summed E-state index contributed by atoms with van der Waals surface area (Å²) in [4.78, 5) is 10.5. The molecular weight excluding hydrogens is 465 g/mol. The van der Waals surface area contributed by atoms with Gasteiger partial charge in [-0.25, -0.2) is 0 Å². The van der Waals surface area contributed by atoms with Gasteiger partial charge in [0.25, 0.3) is 10.1 Å². The van der Waals surface area contributed by atoms with E-state index in [-0.39, 0.29) is 9.25 Å². The molecule has 9 nitrogen and oxygen atoms in total. The molecule has 0 aliphatic carbocycles. The van der Waals surface area contributed by atoms with Gasteiger partial charge in [-0.1, -0.05) is 30.3 Å². The fraction of sp³-hybridized carbons (Fsp3) is 0.0556. The van der Waals surface area contributed by atoms with Gasteiger partial charge in [0, 0.05) is 0 Å². The number of hydroxylamine groups is 1. The Labute approximate surface area is 169 Å². The van der Waals surface area contributed by atoms with Crippen LogP contribution in [-0.4, -0.2) is 38.3 Å². The van der Waals surface area contributed by atoms with Gasteiger partial charge in [-0.05, 0) is 22.9 Å². The number of hydrogen-bond acceptors (Lipinski definition) is 7. The number of carbonyl (C=O) groups is 1. The molecular formula is C18H18AsNO8S. The molecule has 0 spiro atoms. The number of carbonyl (C=O) groups excluding carboxylic acids is 1. The quantitative estimate of drug-likeness (QED) is 0.217. The topological polar surface area (TPSA) is 139 Å². The summed E-state index contributed by atoms with van der Waals surface area (Å²) in [7, 11) is -4.09. The van der Waals surface area contributed by atoms with E-state index >= 15 is 0 Å². The number of fused-ring (bicyclic) bond motifs is 1. The minimum atomic E-state index is -4.55. The maximum atomic E-state index is 11.8. The van der Waals surface area contributed by atoms with Crippen LogP contribution in [0.5, 0.6) is 0 Å². The SMILES string of the molecule is CC(=O)NO[As](=O)(OO)c1ccccc1.O=S(=O)(O)c1ccc2ccccc2c1. The first-order valence-corrected chi connectivity index (χ1v) is 12.7. The van der Waals surface area contributed by atoms with Crippen LogP contribution < -0.4 is 9.83 Å². The van der Waals surface area contributed by atoms with Crippen molar-refractivity contribution in [3.8, 4) is 0 Å². The van der Waals surface area contributed by atoms with E-state index in [2.05, 4.69) is 7.70 Å². The van der Waals surface area contributed by atoms with Crippen molar-refractivity contribution in [2.75, 3.05) is 0 Å². The summed E-state index contributed by atoms with van der Waals surface area (Å²) in [5, 5.41) is 10.3. The largest absolute Gasteiger partial charge is 0.294 e. The van der Waals surface area contributed by atoms with Crippen molar-refractivity contribution in [3.63, 3.8) is 0 Å². The monoisotopic (exact) mass is 483 g/mol. The second-order valence-electron chi connectivity index (χ2n) is 5.65. The standard InChI is InChI=1S/C10H8O3S.C8H10AsNO5/c11-14(12,13)10-6-5-8-3-1-2-4-9(8)7-10;1-7(11)10-14-9(12,15-13)8-5-3-2-4-6-8/h1-7H,(H,11,12,13);2-6,13H,1H3,(H,10,11). The molecule has 0 aliphatic heterocycles. The molecule has 29 heavy (non-hydrogen) atoms. The van der Waals surface area contributed by atoms with Crippen LogP contribution in [0.3, 0.4) is 0 Å². The summed E-state index contributed by atoms with van der Waals surface area (Å²) in [6.07, 6.45) is 0. The zero-order valence-corrected chi connectivity index (χ0v) is 17.8. The normalized spacial score (nSPS) is 13.1. The van der Waals surface area contributed by atoms with E-state index in [0.29, 0.717) is 0 Å². The van der Waals surface area contributed by atoms with E-state index in [4.69, 9.17) is 9.81 Å². The summed E-state index contributed by atoms with van der Waals surface area (Å²) >= 11 is -4.55. The molecule has 1 atom stereocenters. The summed E-state index contributed by atoms with van der Waals surface area (Å²) in [5.74, 6) is -0.537. The molecule has 11 heteroatoms. The Morgan fingerprint density at radius 2 is 1.55 bits per heavy atom. The van der Waals surface area contributed by atoms with Crippen LogP contribution in [0.25, 0.3) is 10.8 Å². The molecule has 3 N–H and O–H groups in total. The molecule has 154 valence electrons. The Balaban J connectivity index is 0.000000207. The molecule has 0 fully saturated rings. The molecule has 0 aliphatic rings. The summed E-state index contributed by atoms with van der Waals surface area (Å²) in [5.41, 5.74) is 1.88. The number of amides is 1. The van der Waals surface area contributed by atoms with Crippen LogP contribution in [0.4, 0.5) is 0 Å². The van der Waals surface area contributed by atoms with Crippen molar-refractivity contribution in [2.24, 2.45) is 0 Å². The molecule has 3 aromatic carbocycles. The fourth-order valence-corrected chi connectivity index (χ4v) is 4.83. The summed E-state index contributed by atoms with van der Waals surface area (Å²) in [6.45, 7) is 1.18. The smallest absolute Gasteiger partial charge is 0.282 e. The minimum Gasteiger partial charge on any atom is -0.282 e. The zero-order valence-electron chi connectivity index (χ0n) is 15.1. The Bertz CT molecular complexity index is 1130. The van der Waals surface area contributed by atoms with Crippen LogP contribution in [0.15, 0.2) is 77.7 Å². The van der Waals surface area contributed by atoms with Crippen molar-refractivity contribution < 1.29 is 34.5 Å². The number of hydrogen-bond donors (Lipinski definition) is 3. The van der Waals surface area contributed by atoms with Crippen molar-refractivity contribution in [2.45, 2.75) is 11.8 Å². The first kappa shape index (κ1) is 22.8. The average molecular weight is 483 g/mol. The molecule has 0 radical (unpaired) electrons. The molecule has 3 aromatic rings. The predicted molar refractivity (Wildman–Crippen MR) is 105 cm³/mol. The van der Waals surface area contributed by atoms with Gasteiger partial charge in [0.1, 0.15) is 0 Å². The molecule has 0 aromatic heterocycles. The molecule has 0 saturated carbocycles. The van der Waals surface area contributed by atoms with E-state index in [9.17, 15) is 17.0 Å². The average Bonchev–Trinajstić information content (AvgIpc) is 2.72. The van der Waals surface area contributed by atoms with Crippen molar-refractivity contribution in [1.82, 2.24) is 5.48 Å². The third kappa shape index (κ3) is 6.53. The molecule has 0 bridgehead atoms. The van der Waals surface area contributed by atoms with Crippen LogP contribution in [0, 0.1) is 0 Å². The van der Waals surface area contributed by atoms with E-state index in [1.165, 1.54) is 31.2 Å². The van der Waals surface area contributed by atoms with Crippen molar-refractivity contribution in [1.29, 1.82) is 0 Å². The Morgan fingerprint density at radius 1 is 0.966 bits per heavy atom. The molecule has 1 unspecified atom stereocenters. The van der Waals surface area contributed by atoms with Crippen LogP contribution in [-0.2, 0) is 26.4 Å². The zero-order chi connectivity index (χ0) is 21.5. The van der Waals surface area contributed by atoms with E-state index in [1.807, 2.05) is 23.7 Å². The molecule has 0 saturated heterocycles. The minimum absolute atomic E-state index is 0.0730. The van der Waals surface area contributed by atoms with Crippen molar-refractivity contribution in [3.05, 3.63) is 72.8 Å². The second kappa shape index (κ2) is 9.84. The summed E-state index contributed by atoms with van der Waals surface area (Å²) in [6, 6.07) is 19.7. The predicted octanol–water partition coefficient (Wildman–Crippen LogP) is 1.91. The van der Waals surface area contributed by atoms with Gasteiger partial charge in [-0.3, -0.25) is 4.55 Å². The second-order valence-corrected chi connectivity index (χ2v) is 11.0. The first-order valence-electron chi connectivity index (χ1n) is 8.06. The Hall–Kier alpha value is -2.46. The van der Waals surface area contributed by atoms with Gasteiger partial charge in [-0.15, -0.1) is 0 Å². The molecule has 0 heterocycles. The summed E-state index contributed by atoms with van der Waals surface area (Å²) < 4.78 is 50.9. The van der Waals surface area contributed by atoms with Crippen LogP contribution >= 0.6 is 0 Å². The van der Waals surface area contributed by atoms with E-state index < -0.39 is 30.2 Å². The number of benzene rings is 3. The number of nitrogens with one attached hydrogen (secondary N) is 1. The van der Waals surface area contributed by atoms with Crippen molar-refractivity contribution >= 4 is 45.3 Å². The third-order valence-electron chi connectivity index (χ3n) is 3.51. The fourth-order valence-electron chi connectivity index (χ4n) is 2.18. The maximum absolute atomic E-state index is 11.8. The van der Waals surface area contributed by atoms with E-state index in [0.717, 1.165) is 10.8 Å². The Morgan fingerprint density at radius 3 is 2.10 bits per heavy atom. The van der Waals surface area contributed by atoms with Gasteiger partial charge in [0.05, 0.1) is 4.90 Å². The van der Waals surface area contributed by atoms with Gasteiger partial charge < -0.3 is 0 Å². The first-order chi connectivity index (χ1) is 13.7. The van der Waals surface area contributed by atoms with Crippen LogP contribution in [0.2, 0.25) is 0 Å². The van der Waals surface area contributed by atoms with Gasteiger partial charge in [0.15, 0.2) is 0 Å². The van der Waals surface area contributed by atoms with Gasteiger partial charge in [-0.2, -0.15) is 8.42 Å². The molecule has 1 amide bonds. The Kier molecular flexibility index (Phi) is 7.74. The third-order valence-corrected chi connectivity index (χ3v) is 7.46. The van der Waals surface area contributed by atoms with Crippen LogP contribution in [0.1, 0.15) is 6.92 Å². The number of rotatable bonds is 5. The van der Waals surface area contributed by atoms with Gasteiger partial charge >= 0.3 is 88.7 Å². The maximum Gasteiger partial charge on any atom is 0.294 e.